The number of hydrogen-bond donors (Lipinski definition) is 0. The van der Waals surface area contributed by atoms with Crippen molar-refractivity contribution in [1.29, 1.82) is 0 Å². The van der Waals surface area contributed by atoms with E-state index in [-0.39, 0.29) is 23.1 Å². The number of rotatable bonds is 2. The highest BCUT2D eigenvalue weighted by molar-refractivity contribution is 5.77. The van der Waals surface area contributed by atoms with Gasteiger partial charge in [0.15, 0.2) is 0 Å². The number of likely N-dealkylation sites (tertiary alicyclic amines) is 1. The Morgan fingerprint density at radius 1 is 1.24 bits per heavy atom. The maximum atomic E-state index is 12.4. The minimum Gasteiger partial charge on any atom is -0.342 e. The molecule has 3 heterocycles. The number of amides is 2. The largest absolute Gasteiger partial charge is 0.342 e. The van der Waals surface area contributed by atoms with Gasteiger partial charge in [-0.25, -0.2) is 9.97 Å². The maximum Gasteiger partial charge on any atom is 0.223 e. The zero-order chi connectivity index (χ0) is 18.2. The molecule has 6 nitrogen and oxygen atoms in total. The third-order valence-electron chi connectivity index (χ3n) is 4.99. The van der Waals surface area contributed by atoms with Gasteiger partial charge in [0.1, 0.15) is 5.82 Å². The van der Waals surface area contributed by atoms with Crippen LogP contribution in [0.2, 0.25) is 0 Å². The summed E-state index contributed by atoms with van der Waals surface area (Å²) in [6, 6.07) is 0. The molecule has 0 N–H and O–H groups in total. The van der Waals surface area contributed by atoms with Crippen molar-refractivity contribution in [3.63, 3.8) is 0 Å². The molecule has 0 aromatic carbocycles. The predicted octanol–water partition coefficient (Wildman–Crippen LogP) is 2.13. The first-order valence-corrected chi connectivity index (χ1v) is 9.11. The van der Waals surface area contributed by atoms with Gasteiger partial charge in [-0.1, -0.05) is 20.8 Å². The average molecular weight is 344 g/mol. The van der Waals surface area contributed by atoms with Crippen LogP contribution in [0.5, 0.6) is 0 Å². The van der Waals surface area contributed by atoms with Gasteiger partial charge < -0.3 is 9.80 Å². The molecular weight excluding hydrogens is 316 g/mol. The van der Waals surface area contributed by atoms with Crippen molar-refractivity contribution in [1.82, 2.24) is 19.8 Å². The number of nitrogens with zero attached hydrogens (tertiary/aromatic N) is 4. The highest BCUT2D eigenvalue weighted by Crippen LogP contribution is 2.27. The first-order chi connectivity index (χ1) is 11.7. The van der Waals surface area contributed by atoms with Crippen LogP contribution < -0.4 is 0 Å². The van der Waals surface area contributed by atoms with E-state index in [1.165, 1.54) is 0 Å². The third kappa shape index (κ3) is 4.17. The molecule has 6 heteroatoms. The van der Waals surface area contributed by atoms with Crippen LogP contribution in [0.3, 0.4) is 0 Å². The van der Waals surface area contributed by atoms with Crippen molar-refractivity contribution in [3.8, 4) is 0 Å². The van der Waals surface area contributed by atoms with E-state index in [9.17, 15) is 9.59 Å². The lowest BCUT2D eigenvalue weighted by molar-refractivity contribution is -0.134. The zero-order valence-corrected chi connectivity index (χ0v) is 15.7. The van der Waals surface area contributed by atoms with E-state index < -0.39 is 0 Å². The predicted molar refractivity (Wildman–Crippen MR) is 94.8 cm³/mol. The van der Waals surface area contributed by atoms with E-state index in [0.29, 0.717) is 19.5 Å². The number of carbonyl (C=O) groups is 2. The number of hydrogen-bond acceptors (Lipinski definition) is 4. The topological polar surface area (TPSA) is 66.4 Å². The number of carbonyl (C=O) groups excluding carboxylic acids is 2. The van der Waals surface area contributed by atoms with Gasteiger partial charge in [0.2, 0.25) is 11.8 Å². The summed E-state index contributed by atoms with van der Waals surface area (Å²) in [5.41, 5.74) is 2.12. The van der Waals surface area contributed by atoms with Crippen LogP contribution in [0.25, 0.3) is 0 Å². The molecule has 1 atom stereocenters. The lowest BCUT2D eigenvalue weighted by Gasteiger charge is -2.30. The van der Waals surface area contributed by atoms with Gasteiger partial charge in [0.25, 0.3) is 0 Å². The molecule has 136 valence electrons. The van der Waals surface area contributed by atoms with E-state index >= 15 is 0 Å². The van der Waals surface area contributed by atoms with Crippen molar-refractivity contribution in [2.24, 2.45) is 5.41 Å². The van der Waals surface area contributed by atoms with Gasteiger partial charge in [0, 0.05) is 63.6 Å². The molecule has 2 amide bonds. The Morgan fingerprint density at radius 2 is 2.00 bits per heavy atom. The van der Waals surface area contributed by atoms with Gasteiger partial charge >= 0.3 is 0 Å². The van der Waals surface area contributed by atoms with Gasteiger partial charge in [-0.05, 0) is 11.8 Å². The van der Waals surface area contributed by atoms with Gasteiger partial charge in [-0.15, -0.1) is 0 Å². The first kappa shape index (κ1) is 17.8. The van der Waals surface area contributed by atoms with Crippen LogP contribution in [0.15, 0.2) is 6.20 Å². The second-order valence-electron chi connectivity index (χ2n) is 8.45. The Balaban J connectivity index is 1.68. The van der Waals surface area contributed by atoms with Crippen LogP contribution in [-0.4, -0.2) is 51.2 Å². The van der Waals surface area contributed by atoms with Gasteiger partial charge in [-0.2, -0.15) is 0 Å². The molecule has 25 heavy (non-hydrogen) atoms. The van der Waals surface area contributed by atoms with Crippen LogP contribution in [-0.2, 0) is 22.6 Å². The number of aromatic nitrogens is 2. The van der Waals surface area contributed by atoms with Crippen molar-refractivity contribution < 1.29 is 9.59 Å². The Labute approximate surface area is 149 Å². The van der Waals surface area contributed by atoms with Crippen LogP contribution in [0.1, 0.15) is 63.5 Å². The summed E-state index contributed by atoms with van der Waals surface area (Å²) < 4.78 is 0. The van der Waals surface area contributed by atoms with Crippen molar-refractivity contribution in [3.05, 3.63) is 23.3 Å². The SMILES string of the molecule is CC(=O)N1CC[C@@H](c2ncc3c(n2)CCN(C(=O)CC(C)(C)C)C3)C1. The van der Waals surface area contributed by atoms with Crippen molar-refractivity contribution >= 4 is 11.8 Å². The molecule has 1 fully saturated rings. The van der Waals surface area contributed by atoms with Gasteiger partial charge in [0.05, 0.1) is 5.69 Å². The molecule has 3 rings (SSSR count). The van der Waals surface area contributed by atoms with E-state index in [1.54, 1.807) is 6.92 Å². The fourth-order valence-electron chi connectivity index (χ4n) is 3.56. The first-order valence-electron chi connectivity index (χ1n) is 9.11. The molecule has 0 aliphatic carbocycles. The Hall–Kier alpha value is -1.98. The van der Waals surface area contributed by atoms with E-state index in [0.717, 1.165) is 43.0 Å². The minimum absolute atomic E-state index is 0.00276. The van der Waals surface area contributed by atoms with E-state index in [4.69, 9.17) is 4.98 Å². The molecule has 1 aromatic heterocycles. The standard InChI is InChI=1S/C19H28N4O2/c1-13(24)22-7-5-14(11-22)18-20-10-15-12-23(8-6-16(15)21-18)17(25)9-19(2,3)4/h10,14H,5-9,11-12H2,1-4H3/t14-/m1/s1. The summed E-state index contributed by atoms with van der Waals surface area (Å²) in [6.07, 6.45) is 4.15. The zero-order valence-electron chi connectivity index (χ0n) is 15.7. The quantitative estimate of drug-likeness (QED) is 0.824. The summed E-state index contributed by atoms with van der Waals surface area (Å²) >= 11 is 0. The highest BCUT2D eigenvalue weighted by Gasteiger charge is 2.30. The molecule has 0 spiro atoms. The fourth-order valence-corrected chi connectivity index (χ4v) is 3.56. The summed E-state index contributed by atoms with van der Waals surface area (Å²) in [5, 5.41) is 0. The lowest BCUT2D eigenvalue weighted by atomic mass is 9.91. The molecular formula is C19H28N4O2. The second kappa shape index (κ2) is 6.73. The third-order valence-corrected chi connectivity index (χ3v) is 4.99. The molecule has 0 unspecified atom stereocenters. The highest BCUT2D eigenvalue weighted by atomic mass is 16.2. The summed E-state index contributed by atoms with van der Waals surface area (Å²) in [4.78, 5) is 37.1. The average Bonchev–Trinajstić information content (AvgIpc) is 3.02. The molecule has 1 saturated heterocycles. The fraction of sp³-hybridized carbons (Fsp3) is 0.684. The lowest BCUT2D eigenvalue weighted by Crippen LogP contribution is -2.38. The molecule has 1 aromatic rings. The van der Waals surface area contributed by atoms with E-state index in [2.05, 4.69) is 25.8 Å². The van der Waals surface area contributed by atoms with Crippen LogP contribution >= 0.6 is 0 Å². The van der Waals surface area contributed by atoms with Crippen molar-refractivity contribution in [2.45, 2.75) is 59.4 Å². The molecule has 2 aliphatic heterocycles. The van der Waals surface area contributed by atoms with Gasteiger partial charge in [-0.3, -0.25) is 9.59 Å². The Bertz CT molecular complexity index is 680. The Morgan fingerprint density at radius 3 is 2.64 bits per heavy atom. The minimum atomic E-state index is 0.00276. The Kier molecular flexibility index (Phi) is 4.80. The van der Waals surface area contributed by atoms with Crippen LogP contribution in [0, 0.1) is 5.41 Å². The van der Waals surface area contributed by atoms with Crippen LogP contribution in [0.4, 0.5) is 0 Å². The smallest absolute Gasteiger partial charge is 0.223 e. The van der Waals surface area contributed by atoms with E-state index in [1.807, 2.05) is 16.0 Å². The molecule has 0 radical (unpaired) electrons. The van der Waals surface area contributed by atoms with Crippen molar-refractivity contribution in [2.75, 3.05) is 19.6 Å². The summed E-state index contributed by atoms with van der Waals surface area (Å²) in [5.74, 6) is 1.40. The maximum absolute atomic E-state index is 12.4. The molecule has 0 saturated carbocycles. The number of fused-ring (bicyclic) bond motifs is 1. The summed E-state index contributed by atoms with van der Waals surface area (Å²) in [6.45, 7) is 10.7. The second-order valence-corrected chi connectivity index (χ2v) is 8.45. The molecule has 0 bridgehead atoms. The monoisotopic (exact) mass is 344 g/mol. The summed E-state index contributed by atoms with van der Waals surface area (Å²) in [7, 11) is 0. The normalized spacial score (nSPS) is 20.6. The molecule has 2 aliphatic rings.